The first-order valence-electron chi connectivity index (χ1n) is 12.4. The fourth-order valence-corrected chi connectivity index (χ4v) is 5.39. The second-order valence-corrected chi connectivity index (χ2v) is 10.2. The van der Waals surface area contributed by atoms with Crippen LogP contribution in [0, 0.1) is 13.8 Å². The summed E-state index contributed by atoms with van der Waals surface area (Å²) < 4.78 is 5.83. The largest absolute Gasteiger partial charge is 0.494 e. The maximum atomic E-state index is 12.8. The lowest BCUT2D eigenvalue weighted by Crippen LogP contribution is -2.25. The number of thioether (sulfide) groups is 1. The molecule has 0 radical (unpaired) electrons. The fourth-order valence-electron chi connectivity index (χ4n) is 4.52. The maximum Gasteiger partial charge on any atom is 0.234 e. The molecular weight excluding hydrogens is 442 g/mol. The monoisotopic (exact) mass is 477 g/mol. The Hall–Kier alpha value is -2.60. The molecule has 1 aliphatic carbocycles. The van der Waals surface area contributed by atoms with Crippen molar-refractivity contribution in [1.29, 1.82) is 0 Å². The van der Waals surface area contributed by atoms with Gasteiger partial charge in [0.05, 0.1) is 18.1 Å². The molecular formula is C28H35N3O2S. The average Bonchev–Trinajstić information content (AvgIpc) is 3.19. The molecule has 2 aromatic rings. The van der Waals surface area contributed by atoms with Gasteiger partial charge in [-0.05, 0) is 81.3 Å². The molecule has 0 atom stereocenters. The number of aryl methyl sites for hydroxylation is 2. The number of benzene rings is 2. The number of hydrogen-bond acceptors (Lipinski definition) is 5. The lowest BCUT2D eigenvalue weighted by atomic mass is 9.90. The number of carbonyl (C=O) groups excluding carboxylic acids is 1. The van der Waals surface area contributed by atoms with Gasteiger partial charge in [0.25, 0.3) is 0 Å². The van der Waals surface area contributed by atoms with Crippen LogP contribution in [0.1, 0.15) is 68.6 Å². The maximum absolute atomic E-state index is 12.8. The Morgan fingerprint density at radius 2 is 1.74 bits per heavy atom. The number of ether oxygens (including phenoxy) is 1. The second-order valence-electron chi connectivity index (χ2n) is 9.25. The molecule has 0 saturated heterocycles. The van der Waals surface area contributed by atoms with Crippen LogP contribution in [0.5, 0.6) is 5.75 Å². The Balaban J connectivity index is 1.48. The van der Waals surface area contributed by atoms with Gasteiger partial charge in [-0.25, -0.2) is 4.99 Å². The number of nitrogens with zero attached hydrogens (tertiary/aromatic N) is 2. The molecule has 1 saturated carbocycles. The molecule has 5 nitrogen and oxygen atoms in total. The molecule has 0 aromatic heterocycles. The van der Waals surface area contributed by atoms with Crippen LogP contribution in [0.4, 0.5) is 5.69 Å². The summed E-state index contributed by atoms with van der Waals surface area (Å²) in [5.41, 5.74) is 4.63. The van der Waals surface area contributed by atoms with Crippen LogP contribution in [0.25, 0.3) is 0 Å². The van der Waals surface area contributed by atoms with Crippen LogP contribution in [0.3, 0.4) is 0 Å². The normalized spacial score (nSPS) is 16.8. The van der Waals surface area contributed by atoms with E-state index in [-0.39, 0.29) is 11.6 Å². The Kier molecular flexibility index (Phi) is 8.09. The zero-order valence-corrected chi connectivity index (χ0v) is 21.3. The minimum Gasteiger partial charge on any atom is -0.494 e. The number of aliphatic imine (C=N–C) groups is 2. The summed E-state index contributed by atoms with van der Waals surface area (Å²) >= 11 is 1.49. The van der Waals surface area contributed by atoms with Crippen molar-refractivity contribution in [3.63, 3.8) is 0 Å². The molecule has 2 aromatic carbocycles. The van der Waals surface area contributed by atoms with Crippen molar-refractivity contribution in [3.05, 3.63) is 59.2 Å². The third-order valence-corrected chi connectivity index (χ3v) is 7.43. The van der Waals surface area contributed by atoms with E-state index in [2.05, 4.69) is 24.4 Å². The standard InChI is InChI=1S/C28H35N3O2S/c1-4-5-18-33-23-14-12-22(13-15-23)26-27(31-28(30-26)16-7-6-8-17-28)34-19-24(32)29-25-20(2)10-9-11-21(25)3/h9-15H,4-8,16-19H2,1-3H3,(H,29,32). The van der Waals surface area contributed by atoms with Gasteiger partial charge in [0.15, 0.2) is 5.66 Å². The summed E-state index contributed by atoms with van der Waals surface area (Å²) in [5, 5.41) is 3.96. The average molecular weight is 478 g/mol. The zero-order chi connectivity index (χ0) is 24.0. The first-order valence-corrected chi connectivity index (χ1v) is 13.4. The van der Waals surface area contributed by atoms with E-state index in [1.54, 1.807) is 0 Å². The summed E-state index contributed by atoms with van der Waals surface area (Å²) in [6.07, 6.45) is 7.66. The topological polar surface area (TPSA) is 63.1 Å². The minimum absolute atomic E-state index is 0.0197. The molecule has 1 aliphatic heterocycles. The third kappa shape index (κ3) is 5.90. The number of para-hydroxylation sites is 1. The number of hydrogen-bond donors (Lipinski definition) is 1. The quantitative estimate of drug-likeness (QED) is 0.430. The fraction of sp³-hybridized carbons (Fsp3) is 0.464. The summed E-state index contributed by atoms with van der Waals surface area (Å²) in [5.74, 6) is 1.16. The Labute approximate surface area is 207 Å². The number of anilines is 1. The van der Waals surface area contributed by atoms with Gasteiger partial charge in [0.2, 0.25) is 5.91 Å². The van der Waals surface area contributed by atoms with Crippen LogP contribution < -0.4 is 10.1 Å². The van der Waals surface area contributed by atoms with Gasteiger partial charge in [-0.1, -0.05) is 49.7 Å². The highest BCUT2D eigenvalue weighted by molar-refractivity contribution is 8.16. The third-order valence-electron chi connectivity index (χ3n) is 6.47. The number of rotatable bonds is 8. The van der Waals surface area contributed by atoms with E-state index in [9.17, 15) is 4.79 Å². The van der Waals surface area contributed by atoms with Gasteiger partial charge in [-0.2, -0.15) is 0 Å². The molecule has 1 fully saturated rings. The van der Waals surface area contributed by atoms with E-state index in [1.165, 1.54) is 18.2 Å². The Bertz CT molecular complexity index is 1050. The van der Waals surface area contributed by atoms with Crippen molar-refractivity contribution < 1.29 is 9.53 Å². The summed E-state index contributed by atoms with van der Waals surface area (Å²) in [6, 6.07) is 14.2. The van der Waals surface area contributed by atoms with Crippen molar-refractivity contribution >= 4 is 34.1 Å². The SMILES string of the molecule is CCCCOc1ccc(C2=NC3(CCCCC3)N=C2SCC(=O)Nc2c(C)cccc2C)cc1. The van der Waals surface area contributed by atoms with Crippen molar-refractivity contribution in [2.45, 2.75) is 71.4 Å². The Morgan fingerprint density at radius 3 is 2.41 bits per heavy atom. The molecule has 34 heavy (non-hydrogen) atoms. The molecule has 0 unspecified atom stereocenters. The van der Waals surface area contributed by atoms with Crippen molar-refractivity contribution in [2.24, 2.45) is 9.98 Å². The van der Waals surface area contributed by atoms with Gasteiger partial charge >= 0.3 is 0 Å². The summed E-state index contributed by atoms with van der Waals surface area (Å²) in [4.78, 5) is 23.1. The predicted molar refractivity (Wildman–Crippen MR) is 144 cm³/mol. The van der Waals surface area contributed by atoms with Crippen LogP contribution in [-0.2, 0) is 4.79 Å². The molecule has 6 heteroatoms. The molecule has 1 spiro atoms. The highest BCUT2D eigenvalue weighted by Crippen LogP contribution is 2.39. The summed E-state index contributed by atoms with van der Waals surface area (Å²) in [7, 11) is 0. The van der Waals surface area contributed by atoms with Crippen molar-refractivity contribution in [3.8, 4) is 5.75 Å². The van der Waals surface area contributed by atoms with Crippen molar-refractivity contribution in [2.75, 3.05) is 17.7 Å². The van der Waals surface area contributed by atoms with Crippen LogP contribution in [0.15, 0.2) is 52.4 Å². The lowest BCUT2D eigenvalue weighted by Gasteiger charge is -2.27. The first kappa shape index (κ1) is 24.5. The molecule has 1 amide bonds. The van der Waals surface area contributed by atoms with E-state index < -0.39 is 0 Å². The van der Waals surface area contributed by atoms with Gasteiger partial charge in [0, 0.05) is 11.3 Å². The number of carbonyl (C=O) groups is 1. The molecule has 4 rings (SSSR count). The van der Waals surface area contributed by atoms with E-state index in [1.807, 2.05) is 44.2 Å². The Morgan fingerprint density at radius 1 is 1.03 bits per heavy atom. The number of unbranched alkanes of at least 4 members (excludes halogenated alkanes) is 1. The highest BCUT2D eigenvalue weighted by atomic mass is 32.2. The van der Waals surface area contributed by atoms with Crippen LogP contribution in [0.2, 0.25) is 0 Å². The van der Waals surface area contributed by atoms with E-state index >= 15 is 0 Å². The molecule has 180 valence electrons. The van der Waals surface area contributed by atoms with E-state index in [0.29, 0.717) is 5.75 Å². The molecule has 1 heterocycles. The van der Waals surface area contributed by atoms with Gasteiger partial charge in [0.1, 0.15) is 10.8 Å². The van der Waals surface area contributed by atoms with Gasteiger partial charge in [-0.15, -0.1) is 0 Å². The molecule has 0 bridgehead atoms. The summed E-state index contributed by atoms with van der Waals surface area (Å²) in [6.45, 7) is 6.93. The van der Waals surface area contributed by atoms with Crippen LogP contribution in [-0.4, -0.2) is 34.7 Å². The zero-order valence-electron chi connectivity index (χ0n) is 20.5. The van der Waals surface area contributed by atoms with E-state index in [4.69, 9.17) is 14.7 Å². The lowest BCUT2D eigenvalue weighted by molar-refractivity contribution is -0.113. The van der Waals surface area contributed by atoms with Gasteiger partial charge in [-0.3, -0.25) is 9.79 Å². The minimum atomic E-state index is -0.352. The highest BCUT2D eigenvalue weighted by Gasteiger charge is 2.37. The number of amides is 1. The van der Waals surface area contributed by atoms with Gasteiger partial charge < -0.3 is 10.1 Å². The van der Waals surface area contributed by atoms with E-state index in [0.717, 1.165) is 84.0 Å². The number of nitrogens with one attached hydrogen (secondary N) is 1. The predicted octanol–water partition coefficient (Wildman–Crippen LogP) is 6.72. The smallest absolute Gasteiger partial charge is 0.234 e. The second kappa shape index (κ2) is 11.2. The van der Waals surface area contributed by atoms with Crippen molar-refractivity contribution in [1.82, 2.24) is 0 Å². The molecule has 1 N–H and O–H groups in total. The first-order chi connectivity index (χ1) is 16.5. The molecule has 2 aliphatic rings. The van der Waals surface area contributed by atoms with Crippen LogP contribution >= 0.6 is 11.8 Å².